The van der Waals surface area contributed by atoms with Crippen LogP contribution in [0.5, 0.6) is 0 Å². The largest absolute Gasteiger partial charge is 0.303 e. The lowest BCUT2D eigenvalue weighted by Gasteiger charge is -2.19. The first kappa shape index (κ1) is 13.7. The Kier molecular flexibility index (Phi) is 4.54. The maximum Gasteiger partial charge on any atom is 0.127 e. The van der Waals surface area contributed by atoms with E-state index in [9.17, 15) is 4.39 Å². The van der Waals surface area contributed by atoms with Crippen LogP contribution in [0.3, 0.4) is 0 Å². The second-order valence-corrected chi connectivity index (χ2v) is 6.77. The molecule has 1 N–H and O–H groups in total. The molecule has 0 radical (unpaired) electrons. The van der Waals surface area contributed by atoms with Gasteiger partial charge in [-0.05, 0) is 48.0 Å². The summed E-state index contributed by atoms with van der Waals surface area (Å²) >= 11 is 5.15. The first-order chi connectivity index (χ1) is 8.58. The van der Waals surface area contributed by atoms with Gasteiger partial charge in [-0.2, -0.15) is 0 Å². The van der Waals surface area contributed by atoms with E-state index in [0.717, 1.165) is 3.79 Å². The highest BCUT2D eigenvalue weighted by atomic mass is 79.9. The summed E-state index contributed by atoms with van der Waals surface area (Å²) < 4.78 is 14.8. The minimum absolute atomic E-state index is 0.0120. The van der Waals surface area contributed by atoms with Crippen LogP contribution in [0.1, 0.15) is 36.4 Å². The molecular weight excluding hydrogens is 313 g/mol. The first-order valence-electron chi connectivity index (χ1n) is 5.83. The van der Waals surface area contributed by atoms with Crippen LogP contribution in [0, 0.1) is 5.82 Å². The molecule has 0 saturated heterocycles. The Labute approximate surface area is 119 Å². The summed E-state index contributed by atoms with van der Waals surface area (Å²) in [7, 11) is 0. The zero-order chi connectivity index (χ0) is 13.1. The third-order valence-corrected chi connectivity index (χ3v) is 4.70. The van der Waals surface area contributed by atoms with Crippen LogP contribution in [0.15, 0.2) is 40.2 Å². The van der Waals surface area contributed by atoms with E-state index < -0.39 is 0 Å². The second kappa shape index (κ2) is 5.95. The van der Waals surface area contributed by atoms with Crippen LogP contribution in [-0.4, -0.2) is 0 Å². The molecule has 0 aliphatic heterocycles. The molecule has 0 amide bonds. The van der Waals surface area contributed by atoms with E-state index in [1.54, 1.807) is 17.4 Å². The predicted molar refractivity (Wildman–Crippen MR) is 78.4 cm³/mol. The third kappa shape index (κ3) is 3.19. The van der Waals surface area contributed by atoms with Crippen molar-refractivity contribution in [1.82, 2.24) is 5.32 Å². The number of benzene rings is 1. The van der Waals surface area contributed by atoms with Crippen molar-refractivity contribution < 1.29 is 4.39 Å². The van der Waals surface area contributed by atoms with Gasteiger partial charge in [0.15, 0.2) is 0 Å². The summed E-state index contributed by atoms with van der Waals surface area (Å²) in [5, 5.41) is 3.42. The minimum Gasteiger partial charge on any atom is -0.303 e. The van der Waals surface area contributed by atoms with E-state index in [1.807, 2.05) is 25.1 Å². The zero-order valence-corrected chi connectivity index (χ0v) is 12.7. The van der Waals surface area contributed by atoms with Crippen molar-refractivity contribution in [3.63, 3.8) is 0 Å². The summed E-state index contributed by atoms with van der Waals surface area (Å²) in [6, 6.07) is 11.2. The topological polar surface area (TPSA) is 12.0 Å². The van der Waals surface area contributed by atoms with E-state index >= 15 is 0 Å². The van der Waals surface area contributed by atoms with Gasteiger partial charge in [-0.25, -0.2) is 4.39 Å². The highest BCUT2D eigenvalue weighted by Gasteiger charge is 2.15. The van der Waals surface area contributed by atoms with Crippen LogP contribution in [-0.2, 0) is 0 Å². The van der Waals surface area contributed by atoms with Crippen molar-refractivity contribution >= 4 is 27.3 Å². The lowest BCUT2D eigenvalue weighted by Crippen LogP contribution is -2.22. The maximum absolute atomic E-state index is 13.7. The number of hydrogen-bond acceptors (Lipinski definition) is 2. The monoisotopic (exact) mass is 327 g/mol. The molecule has 0 spiro atoms. The van der Waals surface area contributed by atoms with Crippen molar-refractivity contribution in [3.8, 4) is 0 Å². The quantitative estimate of drug-likeness (QED) is 0.827. The van der Waals surface area contributed by atoms with Gasteiger partial charge in [0.25, 0.3) is 0 Å². The number of halogens is 2. The molecule has 1 aromatic heterocycles. The van der Waals surface area contributed by atoms with Gasteiger partial charge in [0.2, 0.25) is 0 Å². The summed E-state index contributed by atoms with van der Waals surface area (Å²) in [6.45, 7) is 4.08. The lowest BCUT2D eigenvalue weighted by molar-refractivity contribution is 0.478. The fourth-order valence-corrected chi connectivity index (χ4v) is 3.37. The van der Waals surface area contributed by atoms with Gasteiger partial charge in [0, 0.05) is 22.5 Å². The molecule has 2 aromatic rings. The summed E-state index contributed by atoms with van der Waals surface area (Å²) in [4.78, 5) is 1.24. The SMILES string of the molecule is CC(NC(C)c1ccccc1F)c1ccc(Br)s1. The molecule has 2 unspecified atom stereocenters. The Morgan fingerprint density at radius 2 is 1.83 bits per heavy atom. The second-order valence-electron chi connectivity index (χ2n) is 4.27. The minimum atomic E-state index is -0.155. The van der Waals surface area contributed by atoms with Crippen LogP contribution in [0.2, 0.25) is 0 Å². The Hall–Kier alpha value is -0.710. The Bertz CT molecular complexity index is 526. The predicted octanol–water partition coefficient (Wildman–Crippen LogP) is 5.06. The summed E-state index contributed by atoms with van der Waals surface area (Å²) in [6.07, 6.45) is 0. The fraction of sp³-hybridized carbons (Fsp3) is 0.286. The van der Waals surface area contributed by atoms with Crippen molar-refractivity contribution in [2.24, 2.45) is 0 Å². The fourth-order valence-electron chi connectivity index (χ4n) is 1.93. The maximum atomic E-state index is 13.7. The number of thiophene rings is 1. The van der Waals surface area contributed by atoms with E-state index in [-0.39, 0.29) is 17.9 Å². The molecule has 0 aliphatic rings. The molecule has 4 heteroatoms. The molecule has 0 saturated carbocycles. The first-order valence-corrected chi connectivity index (χ1v) is 7.44. The van der Waals surface area contributed by atoms with E-state index in [0.29, 0.717) is 5.56 Å². The highest BCUT2D eigenvalue weighted by molar-refractivity contribution is 9.11. The average molecular weight is 328 g/mol. The van der Waals surface area contributed by atoms with Crippen molar-refractivity contribution in [3.05, 3.63) is 56.4 Å². The van der Waals surface area contributed by atoms with E-state index in [1.165, 1.54) is 10.9 Å². The van der Waals surface area contributed by atoms with E-state index in [2.05, 4.69) is 34.2 Å². The van der Waals surface area contributed by atoms with Crippen molar-refractivity contribution in [1.29, 1.82) is 0 Å². The van der Waals surface area contributed by atoms with Crippen LogP contribution in [0.25, 0.3) is 0 Å². The highest BCUT2D eigenvalue weighted by Crippen LogP contribution is 2.29. The Morgan fingerprint density at radius 1 is 1.11 bits per heavy atom. The molecule has 1 aromatic carbocycles. The van der Waals surface area contributed by atoms with Crippen molar-refractivity contribution in [2.45, 2.75) is 25.9 Å². The third-order valence-electron chi connectivity index (χ3n) is 2.89. The van der Waals surface area contributed by atoms with Gasteiger partial charge in [-0.1, -0.05) is 18.2 Å². The van der Waals surface area contributed by atoms with Crippen LogP contribution in [0.4, 0.5) is 4.39 Å². The van der Waals surface area contributed by atoms with Gasteiger partial charge in [-0.15, -0.1) is 11.3 Å². The molecule has 0 fully saturated rings. The van der Waals surface area contributed by atoms with E-state index in [4.69, 9.17) is 0 Å². The number of rotatable bonds is 4. The van der Waals surface area contributed by atoms with Gasteiger partial charge >= 0.3 is 0 Å². The van der Waals surface area contributed by atoms with Crippen LogP contribution < -0.4 is 5.32 Å². The lowest BCUT2D eigenvalue weighted by atomic mass is 10.1. The average Bonchev–Trinajstić information content (AvgIpc) is 2.76. The van der Waals surface area contributed by atoms with Gasteiger partial charge in [0.1, 0.15) is 5.82 Å². The molecule has 1 nitrogen and oxygen atoms in total. The van der Waals surface area contributed by atoms with Gasteiger partial charge in [-0.3, -0.25) is 0 Å². The smallest absolute Gasteiger partial charge is 0.127 e. The molecule has 2 atom stereocenters. The molecule has 0 bridgehead atoms. The molecule has 1 heterocycles. The van der Waals surface area contributed by atoms with Gasteiger partial charge < -0.3 is 5.32 Å². The molecular formula is C14H15BrFNS. The standard InChI is InChI=1S/C14H15BrFNS/c1-9(11-5-3-4-6-12(11)16)17-10(2)13-7-8-14(15)18-13/h3-10,17H,1-2H3. The zero-order valence-electron chi connectivity index (χ0n) is 10.3. The molecule has 96 valence electrons. The normalized spacial score (nSPS) is 14.4. The summed E-state index contributed by atoms with van der Waals surface area (Å²) in [5.41, 5.74) is 0.708. The molecule has 18 heavy (non-hydrogen) atoms. The Morgan fingerprint density at radius 3 is 2.44 bits per heavy atom. The number of nitrogens with one attached hydrogen (secondary N) is 1. The van der Waals surface area contributed by atoms with Crippen molar-refractivity contribution in [2.75, 3.05) is 0 Å². The molecule has 2 rings (SSSR count). The Balaban J connectivity index is 2.08. The summed E-state index contributed by atoms with van der Waals surface area (Å²) in [5.74, 6) is -0.155. The number of hydrogen-bond donors (Lipinski definition) is 1. The molecule has 0 aliphatic carbocycles. The van der Waals surface area contributed by atoms with Gasteiger partial charge in [0.05, 0.1) is 3.79 Å². The van der Waals surface area contributed by atoms with Crippen LogP contribution >= 0.6 is 27.3 Å².